The van der Waals surface area contributed by atoms with E-state index in [0.717, 1.165) is 33.7 Å². The molecule has 0 aliphatic heterocycles. The van der Waals surface area contributed by atoms with Crippen LogP contribution in [-0.2, 0) is 0 Å². The number of nitrogens with one attached hydrogen (secondary N) is 1. The van der Waals surface area contributed by atoms with Crippen molar-refractivity contribution >= 4 is 22.4 Å². The summed E-state index contributed by atoms with van der Waals surface area (Å²) in [6, 6.07) is 17.5. The first kappa shape index (κ1) is 15.2. The predicted octanol–water partition coefficient (Wildman–Crippen LogP) is 4.95. The molecule has 0 aliphatic rings. The summed E-state index contributed by atoms with van der Waals surface area (Å²) in [7, 11) is 1.65. The van der Waals surface area contributed by atoms with Crippen LogP contribution in [-0.4, -0.2) is 17.1 Å². The summed E-state index contributed by atoms with van der Waals surface area (Å²) in [5, 5.41) is 4.34. The standard InChI is InChI=1S/C20H17N3O2/c1-13-5-10-17-16(12-13)19(21-14-6-8-15(24-2)9-7-14)23-20(22-17)18-4-3-11-25-18/h3-12H,1-2H3,(H,21,22,23). The second kappa shape index (κ2) is 6.28. The van der Waals surface area contributed by atoms with Crippen LogP contribution >= 0.6 is 0 Å². The topological polar surface area (TPSA) is 60.2 Å². The first-order valence-corrected chi connectivity index (χ1v) is 7.96. The van der Waals surface area contributed by atoms with Crippen molar-refractivity contribution in [3.63, 3.8) is 0 Å². The van der Waals surface area contributed by atoms with E-state index in [4.69, 9.17) is 9.15 Å². The molecule has 25 heavy (non-hydrogen) atoms. The van der Waals surface area contributed by atoms with Gasteiger partial charge in [-0.3, -0.25) is 0 Å². The Kier molecular flexibility index (Phi) is 3.82. The van der Waals surface area contributed by atoms with Crippen molar-refractivity contribution in [1.82, 2.24) is 9.97 Å². The zero-order valence-corrected chi connectivity index (χ0v) is 14.0. The number of fused-ring (bicyclic) bond motifs is 1. The number of ether oxygens (including phenoxy) is 1. The Morgan fingerprint density at radius 3 is 2.56 bits per heavy atom. The second-order valence-electron chi connectivity index (χ2n) is 5.75. The minimum atomic E-state index is 0.553. The van der Waals surface area contributed by atoms with Crippen LogP contribution in [0.5, 0.6) is 5.75 Å². The molecule has 5 heteroatoms. The number of aromatic nitrogens is 2. The molecular formula is C20H17N3O2. The highest BCUT2D eigenvalue weighted by Gasteiger charge is 2.12. The molecule has 0 unspecified atom stereocenters. The van der Waals surface area contributed by atoms with Crippen molar-refractivity contribution in [3.8, 4) is 17.3 Å². The van der Waals surface area contributed by atoms with Crippen LogP contribution in [0.3, 0.4) is 0 Å². The molecule has 0 saturated heterocycles. The summed E-state index contributed by atoms with van der Waals surface area (Å²) in [6.07, 6.45) is 1.62. The van der Waals surface area contributed by atoms with Crippen molar-refractivity contribution in [3.05, 3.63) is 66.4 Å². The molecule has 2 aromatic heterocycles. The zero-order valence-electron chi connectivity index (χ0n) is 14.0. The molecule has 124 valence electrons. The second-order valence-corrected chi connectivity index (χ2v) is 5.75. The van der Waals surface area contributed by atoms with E-state index >= 15 is 0 Å². The number of aryl methyl sites for hydroxylation is 1. The molecule has 2 heterocycles. The third-order valence-electron chi connectivity index (χ3n) is 3.95. The minimum absolute atomic E-state index is 0.553. The highest BCUT2D eigenvalue weighted by molar-refractivity contribution is 5.92. The molecule has 4 aromatic rings. The molecular weight excluding hydrogens is 314 g/mol. The zero-order chi connectivity index (χ0) is 17.2. The summed E-state index contributed by atoms with van der Waals surface area (Å²) in [5.41, 5.74) is 2.94. The summed E-state index contributed by atoms with van der Waals surface area (Å²) in [6.45, 7) is 2.05. The van der Waals surface area contributed by atoms with Gasteiger partial charge in [-0.2, -0.15) is 0 Å². The predicted molar refractivity (Wildman–Crippen MR) is 98.3 cm³/mol. The van der Waals surface area contributed by atoms with Gasteiger partial charge in [0.15, 0.2) is 11.6 Å². The van der Waals surface area contributed by atoms with E-state index in [-0.39, 0.29) is 0 Å². The number of rotatable bonds is 4. The van der Waals surface area contributed by atoms with Gasteiger partial charge in [-0.1, -0.05) is 11.6 Å². The van der Waals surface area contributed by atoms with Gasteiger partial charge in [0.2, 0.25) is 0 Å². The normalized spacial score (nSPS) is 10.8. The molecule has 4 rings (SSSR count). The molecule has 0 saturated carbocycles. The smallest absolute Gasteiger partial charge is 0.198 e. The van der Waals surface area contributed by atoms with Crippen molar-refractivity contribution in [2.75, 3.05) is 12.4 Å². The lowest BCUT2D eigenvalue weighted by Crippen LogP contribution is -1.99. The maximum atomic E-state index is 5.46. The average Bonchev–Trinajstić information content (AvgIpc) is 3.17. The lowest BCUT2D eigenvalue weighted by molar-refractivity contribution is 0.415. The van der Waals surface area contributed by atoms with E-state index in [2.05, 4.69) is 28.3 Å². The molecule has 0 amide bonds. The van der Waals surface area contributed by atoms with E-state index in [1.54, 1.807) is 13.4 Å². The molecule has 0 spiro atoms. The van der Waals surface area contributed by atoms with Crippen LogP contribution in [0.1, 0.15) is 5.56 Å². The van der Waals surface area contributed by atoms with Crippen LogP contribution in [0, 0.1) is 6.92 Å². The van der Waals surface area contributed by atoms with Crippen molar-refractivity contribution in [2.45, 2.75) is 6.92 Å². The summed E-state index contributed by atoms with van der Waals surface area (Å²) < 4.78 is 10.7. The fraction of sp³-hybridized carbons (Fsp3) is 0.100. The molecule has 0 bridgehead atoms. The third-order valence-corrected chi connectivity index (χ3v) is 3.95. The highest BCUT2D eigenvalue weighted by atomic mass is 16.5. The lowest BCUT2D eigenvalue weighted by atomic mass is 10.1. The Morgan fingerprint density at radius 1 is 1.00 bits per heavy atom. The average molecular weight is 331 g/mol. The van der Waals surface area contributed by atoms with Crippen molar-refractivity contribution in [1.29, 1.82) is 0 Å². The summed E-state index contributed by atoms with van der Waals surface area (Å²) in [4.78, 5) is 9.30. The number of hydrogen-bond acceptors (Lipinski definition) is 5. The minimum Gasteiger partial charge on any atom is -0.497 e. The number of benzene rings is 2. The SMILES string of the molecule is COc1ccc(Nc2nc(-c3ccco3)nc3ccc(C)cc23)cc1. The Bertz CT molecular complexity index is 1010. The van der Waals surface area contributed by atoms with Crippen LogP contribution in [0.25, 0.3) is 22.5 Å². The van der Waals surface area contributed by atoms with Gasteiger partial charge >= 0.3 is 0 Å². The molecule has 0 radical (unpaired) electrons. The maximum Gasteiger partial charge on any atom is 0.198 e. The molecule has 2 aromatic carbocycles. The van der Waals surface area contributed by atoms with Crippen molar-refractivity contribution in [2.24, 2.45) is 0 Å². The molecule has 0 aliphatic carbocycles. The molecule has 1 N–H and O–H groups in total. The van der Waals surface area contributed by atoms with Gasteiger partial charge in [-0.25, -0.2) is 9.97 Å². The van der Waals surface area contributed by atoms with Gasteiger partial charge in [0.25, 0.3) is 0 Å². The molecule has 5 nitrogen and oxygen atoms in total. The van der Waals surface area contributed by atoms with Gasteiger partial charge in [0.1, 0.15) is 11.6 Å². The van der Waals surface area contributed by atoms with E-state index in [1.807, 2.05) is 48.5 Å². The quantitative estimate of drug-likeness (QED) is 0.573. The van der Waals surface area contributed by atoms with E-state index in [1.165, 1.54) is 0 Å². The fourth-order valence-corrected chi connectivity index (χ4v) is 2.66. The van der Waals surface area contributed by atoms with Gasteiger partial charge < -0.3 is 14.5 Å². The van der Waals surface area contributed by atoms with Gasteiger partial charge in [-0.05, 0) is 55.5 Å². The summed E-state index contributed by atoms with van der Waals surface area (Å²) in [5.74, 6) is 2.74. The van der Waals surface area contributed by atoms with E-state index in [9.17, 15) is 0 Å². The molecule has 0 atom stereocenters. The largest absolute Gasteiger partial charge is 0.497 e. The van der Waals surface area contributed by atoms with E-state index in [0.29, 0.717) is 11.6 Å². The van der Waals surface area contributed by atoms with Crippen molar-refractivity contribution < 1.29 is 9.15 Å². The fourth-order valence-electron chi connectivity index (χ4n) is 2.66. The number of nitrogens with zero attached hydrogens (tertiary/aromatic N) is 2. The Hall–Kier alpha value is -3.34. The van der Waals surface area contributed by atoms with Gasteiger partial charge in [-0.15, -0.1) is 0 Å². The van der Waals surface area contributed by atoms with Gasteiger partial charge in [0.05, 0.1) is 18.9 Å². The van der Waals surface area contributed by atoms with Crippen LogP contribution in [0.4, 0.5) is 11.5 Å². The Morgan fingerprint density at radius 2 is 1.84 bits per heavy atom. The monoisotopic (exact) mass is 331 g/mol. The Labute approximate surface area is 145 Å². The maximum absolute atomic E-state index is 5.46. The number of methoxy groups -OCH3 is 1. The van der Waals surface area contributed by atoms with E-state index < -0.39 is 0 Å². The first-order chi connectivity index (χ1) is 12.2. The number of anilines is 2. The lowest BCUT2D eigenvalue weighted by Gasteiger charge is -2.11. The first-order valence-electron chi connectivity index (χ1n) is 7.96. The van der Waals surface area contributed by atoms with Crippen LogP contribution in [0.15, 0.2) is 65.3 Å². The third kappa shape index (κ3) is 3.04. The van der Waals surface area contributed by atoms with Crippen LogP contribution in [0.2, 0.25) is 0 Å². The summed E-state index contributed by atoms with van der Waals surface area (Å²) >= 11 is 0. The highest BCUT2D eigenvalue weighted by Crippen LogP contribution is 2.28. The van der Waals surface area contributed by atoms with Gasteiger partial charge in [0, 0.05) is 11.1 Å². The molecule has 0 fully saturated rings. The van der Waals surface area contributed by atoms with Crippen LogP contribution < -0.4 is 10.1 Å². The Balaban J connectivity index is 1.83. The number of hydrogen-bond donors (Lipinski definition) is 1. The number of furan rings is 1.